The van der Waals surface area contributed by atoms with Gasteiger partial charge in [-0.15, -0.1) is 0 Å². The number of halogens is 2. The highest BCUT2D eigenvalue weighted by Crippen LogP contribution is 2.24. The molecule has 8 nitrogen and oxygen atoms in total. The molecule has 1 amide bonds. The zero-order chi connectivity index (χ0) is 21.0. The van der Waals surface area contributed by atoms with Gasteiger partial charge in [0.05, 0.1) is 23.5 Å². The van der Waals surface area contributed by atoms with E-state index >= 15 is 0 Å². The summed E-state index contributed by atoms with van der Waals surface area (Å²) in [6.45, 7) is -0.610. The van der Waals surface area contributed by atoms with Crippen LogP contribution in [0.4, 0.5) is 10.1 Å². The third-order valence-electron chi connectivity index (χ3n) is 3.82. The van der Waals surface area contributed by atoms with Gasteiger partial charge in [-0.3, -0.25) is 9.10 Å². The van der Waals surface area contributed by atoms with Gasteiger partial charge in [0.25, 0.3) is 0 Å². The Morgan fingerprint density at radius 1 is 1.24 bits per heavy atom. The van der Waals surface area contributed by atoms with Gasteiger partial charge in [0.15, 0.2) is 0 Å². The lowest BCUT2D eigenvalue weighted by Gasteiger charge is -2.22. The predicted octanol–water partition coefficient (Wildman–Crippen LogP) is 2.61. The van der Waals surface area contributed by atoms with Crippen LogP contribution in [0.2, 0.25) is 5.02 Å². The maximum absolute atomic E-state index is 13.4. The fourth-order valence-electron chi connectivity index (χ4n) is 2.43. The molecule has 152 valence electrons. The van der Waals surface area contributed by atoms with Gasteiger partial charge in [0.2, 0.25) is 27.6 Å². The molecule has 29 heavy (non-hydrogen) atoms. The van der Waals surface area contributed by atoms with Crippen molar-refractivity contribution in [3.05, 3.63) is 65.3 Å². The van der Waals surface area contributed by atoms with Crippen LogP contribution in [0.5, 0.6) is 0 Å². The zero-order valence-corrected chi connectivity index (χ0v) is 16.7. The number of sulfonamides is 1. The zero-order valence-electron chi connectivity index (χ0n) is 15.2. The van der Waals surface area contributed by atoms with Crippen LogP contribution in [-0.2, 0) is 21.4 Å². The average Bonchev–Trinajstić information content (AvgIpc) is 3.16. The van der Waals surface area contributed by atoms with E-state index in [4.69, 9.17) is 16.1 Å². The molecule has 1 heterocycles. The Bertz CT molecular complexity index is 1120. The minimum Gasteiger partial charge on any atom is -0.345 e. The van der Waals surface area contributed by atoms with Gasteiger partial charge in [-0.1, -0.05) is 47.1 Å². The van der Waals surface area contributed by atoms with Gasteiger partial charge in [0, 0.05) is 5.56 Å². The molecule has 0 saturated heterocycles. The van der Waals surface area contributed by atoms with Gasteiger partial charge in [-0.25, -0.2) is 12.8 Å². The van der Waals surface area contributed by atoms with Crippen molar-refractivity contribution in [3.63, 3.8) is 0 Å². The topological polar surface area (TPSA) is 105 Å². The van der Waals surface area contributed by atoms with E-state index in [0.717, 1.165) is 28.3 Å². The first-order valence-electron chi connectivity index (χ1n) is 8.31. The number of nitrogens with one attached hydrogen (secondary N) is 1. The number of rotatable bonds is 7. The highest BCUT2D eigenvalue weighted by molar-refractivity contribution is 7.92. The third kappa shape index (κ3) is 5.30. The molecule has 0 radical (unpaired) electrons. The number of carbonyl (C=O) groups excluding carboxylic acids is 1. The summed E-state index contributed by atoms with van der Waals surface area (Å²) in [7, 11) is -3.82. The van der Waals surface area contributed by atoms with Gasteiger partial charge < -0.3 is 9.84 Å². The summed E-state index contributed by atoms with van der Waals surface area (Å²) in [5.41, 5.74) is 0.823. The summed E-state index contributed by atoms with van der Waals surface area (Å²) in [4.78, 5) is 16.4. The average molecular weight is 439 g/mol. The molecule has 2 aromatic carbocycles. The fourth-order valence-corrected chi connectivity index (χ4v) is 3.45. The molecule has 1 aromatic heterocycles. The number of nitrogens with zero attached hydrogens (tertiary/aromatic N) is 3. The van der Waals surface area contributed by atoms with Crippen LogP contribution in [0, 0.1) is 5.82 Å². The van der Waals surface area contributed by atoms with E-state index in [1.807, 2.05) is 30.3 Å². The molecule has 0 fully saturated rings. The van der Waals surface area contributed by atoms with Crippen LogP contribution in [0.15, 0.2) is 53.1 Å². The van der Waals surface area contributed by atoms with E-state index in [1.165, 1.54) is 6.07 Å². The highest BCUT2D eigenvalue weighted by Gasteiger charge is 2.22. The molecular formula is C18H16ClFN4O4S. The smallest absolute Gasteiger partial charge is 0.246 e. The summed E-state index contributed by atoms with van der Waals surface area (Å²) < 4.78 is 43.4. The van der Waals surface area contributed by atoms with Gasteiger partial charge in [-0.05, 0) is 18.2 Å². The first-order valence-corrected chi connectivity index (χ1v) is 10.5. The summed E-state index contributed by atoms with van der Waals surface area (Å²) >= 11 is 5.71. The van der Waals surface area contributed by atoms with Gasteiger partial charge in [-0.2, -0.15) is 4.98 Å². The molecular weight excluding hydrogens is 423 g/mol. The monoisotopic (exact) mass is 438 g/mol. The highest BCUT2D eigenvalue weighted by atomic mass is 35.5. The Balaban J connectivity index is 1.67. The van der Waals surface area contributed by atoms with Crippen LogP contribution < -0.4 is 9.62 Å². The minimum atomic E-state index is -3.82. The van der Waals surface area contributed by atoms with Crippen molar-refractivity contribution in [2.24, 2.45) is 0 Å². The Morgan fingerprint density at radius 2 is 1.97 bits per heavy atom. The van der Waals surface area contributed by atoms with Crippen molar-refractivity contribution in [3.8, 4) is 11.4 Å². The van der Waals surface area contributed by atoms with Crippen LogP contribution in [0.25, 0.3) is 11.4 Å². The molecule has 0 aliphatic heterocycles. The normalized spacial score (nSPS) is 11.3. The standard InChI is InChI=1S/C18H16ClFN4O4S/c1-29(26,27)24(13-7-8-15(20)14(19)9-13)11-16(25)21-10-17-22-18(23-28-17)12-5-3-2-4-6-12/h2-9H,10-11H2,1H3,(H,21,25). The number of aromatic nitrogens is 2. The lowest BCUT2D eigenvalue weighted by Crippen LogP contribution is -2.40. The maximum atomic E-state index is 13.4. The Morgan fingerprint density at radius 3 is 2.62 bits per heavy atom. The molecule has 0 bridgehead atoms. The number of benzene rings is 2. The largest absolute Gasteiger partial charge is 0.345 e. The van der Waals surface area contributed by atoms with E-state index in [2.05, 4.69) is 15.5 Å². The number of amides is 1. The number of hydrogen-bond acceptors (Lipinski definition) is 6. The molecule has 1 N–H and O–H groups in total. The van der Waals surface area contributed by atoms with Crippen LogP contribution in [-0.4, -0.2) is 37.3 Å². The quantitative estimate of drug-likeness (QED) is 0.607. The maximum Gasteiger partial charge on any atom is 0.246 e. The van der Waals surface area contributed by atoms with E-state index in [1.54, 1.807) is 0 Å². The summed E-state index contributed by atoms with van der Waals surface area (Å²) in [5.74, 6) is -0.782. The molecule has 0 spiro atoms. The molecule has 11 heteroatoms. The van der Waals surface area contributed by atoms with Crippen LogP contribution >= 0.6 is 11.6 Å². The Kier molecular flexibility index (Phi) is 6.14. The molecule has 3 aromatic rings. The number of hydrogen-bond donors (Lipinski definition) is 1. The number of anilines is 1. The van der Waals surface area contributed by atoms with E-state index in [-0.39, 0.29) is 23.1 Å². The van der Waals surface area contributed by atoms with E-state index < -0.39 is 28.3 Å². The molecule has 0 unspecified atom stereocenters. The first-order chi connectivity index (χ1) is 13.7. The summed E-state index contributed by atoms with van der Waals surface area (Å²) in [6.07, 6.45) is 0.932. The molecule has 0 atom stereocenters. The Hall–Kier alpha value is -2.98. The van der Waals surface area contributed by atoms with Crippen LogP contribution in [0.3, 0.4) is 0 Å². The van der Waals surface area contributed by atoms with Crippen molar-refractivity contribution in [2.75, 3.05) is 17.1 Å². The minimum absolute atomic E-state index is 0.0678. The fraction of sp³-hybridized carbons (Fsp3) is 0.167. The van der Waals surface area contributed by atoms with Crippen LogP contribution in [0.1, 0.15) is 5.89 Å². The van der Waals surface area contributed by atoms with Gasteiger partial charge in [0.1, 0.15) is 12.4 Å². The lowest BCUT2D eigenvalue weighted by molar-refractivity contribution is -0.119. The molecule has 0 aliphatic carbocycles. The van der Waals surface area contributed by atoms with Crippen molar-refractivity contribution in [1.82, 2.24) is 15.5 Å². The summed E-state index contributed by atoms with van der Waals surface area (Å²) in [5, 5.41) is 6.10. The van der Waals surface area contributed by atoms with Gasteiger partial charge >= 0.3 is 0 Å². The summed E-state index contributed by atoms with van der Waals surface area (Å²) in [6, 6.07) is 12.5. The van der Waals surface area contributed by atoms with Crippen molar-refractivity contribution in [2.45, 2.75) is 6.54 Å². The van der Waals surface area contributed by atoms with Crippen molar-refractivity contribution in [1.29, 1.82) is 0 Å². The molecule has 0 saturated carbocycles. The van der Waals surface area contributed by atoms with Crippen molar-refractivity contribution >= 4 is 33.2 Å². The first kappa shape index (κ1) is 20.7. The second-order valence-electron chi connectivity index (χ2n) is 6.02. The predicted molar refractivity (Wildman–Crippen MR) is 105 cm³/mol. The second-order valence-corrected chi connectivity index (χ2v) is 8.34. The third-order valence-corrected chi connectivity index (χ3v) is 5.25. The SMILES string of the molecule is CS(=O)(=O)N(CC(=O)NCc1nc(-c2ccccc2)no1)c1ccc(F)c(Cl)c1. The lowest BCUT2D eigenvalue weighted by atomic mass is 10.2. The molecule has 3 rings (SSSR count). The Labute approximate surface area is 171 Å². The van der Waals surface area contributed by atoms with E-state index in [0.29, 0.717) is 5.82 Å². The van der Waals surface area contributed by atoms with E-state index in [9.17, 15) is 17.6 Å². The van der Waals surface area contributed by atoms with Crippen molar-refractivity contribution < 1.29 is 22.1 Å². The number of carbonyl (C=O) groups is 1. The second kappa shape index (κ2) is 8.58. The molecule has 0 aliphatic rings.